The predicted molar refractivity (Wildman–Crippen MR) is 75.7 cm³/mol. The monoisotopic (exact) mass is 269 g/mol. The normalized spacial score (nSPS) is 13.8. The highest BCUT2D eigenvalue weighted by atomic mass is 19.1. The van der Waals surface area contributed by atoms with Crippen molar-refractivity contribution in [2.45, 2.75) is 32.2 Å². The molecule has 3 rings (SSSR count). The van der Waals surface area contributed by atoms with Gasteiger partial charge in [-0.25, -0.2) is 4.39 Å². The van der Waals surface area contributed by atoms with Gasteiger partial charge in [0.05, 0.1) is 5.56 Å². The van der Waals surface area contributed by atoms with Gasteiger partial charge in [0, 0.05) is 12.2 Å². The largest absolute Gasteiger partial charge is 0.384 e. The Hall–Kier alpha value is -2.28. The molecule has 0 aliphatic heterocycles. The molecule has 1 aromatic carbocycles. The van der Waals surface area contributed by atoms with Crippen molar-refractivity contribution in [1.82, 2.24) is 4.57 Å². The zero-order valence-electron chi connectivity index (χ0n) is 11.2. The summed E-state index contributed by atoms with van der Waals surface area (Å²) in [5, 5.41) is 9.30. The minimum atomic E-state index is -0.242. The summed E-state index contributed by atoms with van der Waals surface area (Å²) in [7, 11) is 0. The number of rotatable bonds is 2. The van der Waals surface area contributed by atoms with Crippen molar-refractivity contribution in [3.05, 3.63) is 52.5 Å². The third kappa shape index (κ3) is 2.05. The lowest BCUT2D eigenvalue weighted by molar-refractivity contribution is 0.622. The quantitative estimate of drug-likeness (QED) is 0.911. The number of aromatic nitrogens is 1. The number of anilines is 1. The lowest BCUT2D eigenvalue weighted by atomic mass is 9.95. The summed E-state index contributed by atoms with van der Waals surface area (Å²) in [5.41, 5.74) is 10.0. The Bertz CT molecular complexity index is 677. The van der Waals surface area contributed by atoms with E-state index in [0.29, 0.717) is 17.9 Å². The maximum absolute atomic E-state index is 13.0. The fourth-order valence-electron chi connectivity index (χ4n) is 2.97. The summed E-state index contributed by atoms with van der Waals surface area (Å²) in [4.78, 5) is 0. The highest BCUT2D eigenvalue weighted by Crippen LogP contribution is 2.31. The van der Waals surface area contributed by atoms with E-state index in [0.717, 1.165) is 36.8 Å². The molecular weight excluding hydrogens is 253 g/mol. The van der Waals surface area contributed by atoms with Gasteiger partial charge in [0.1, 0.15) is 17.7 Å². The van der Waals surface area contributed by atoms with Gasteiger partial charge in [-0.05, 0) is 48.9 Å². The SMILES string of the molecule is N#Cc1c2c(n(Cc3ccc(F)cc3)c1N)CCCC2. The second-order valence-corrected chi connectivity index (χ2v) is 5.22. The molecule has 1 aliphatic rings. The molecule has 102 valence electrons. The Labute approximate surface area is 117 Å². The highest BCUT2D eigenvalue weighted by Gasteiger charge is 2.23. The molecule has 0 spiro atoms. The van der Waals surface area contributed by atoms with Gasteiger partial charge in [-0.15, -0.1) is 0 Å². The van der Waals surface area contributed by atoms with Crippen molar-refractivity contribution >= 4 is 5.82 Å². The second kappa shape index (κ2) is 5.01. The summed E-state index contributed by atoms with van der Waals surface area (Å²) in [6, 6.07) is 8.65. The third-order valence-electron chi connectivity index (χ3n) is 3.98. The first-order valence-corrected chi connectivity index (χ1v) is 6.85. The van der Waals surface area contributed by atoms with E-state index in [1.54, 1.807) is 12.1 Å². The van der Waals surface area contributed by atoms with Gasteiger partial charge in [-0.3, -0.25) is 0 Å². The van der Waals surface area contributed by atoms with Crippen LogP contribution in [0.4, 0.5) is 10.2 Å². The Balaban J connectivity index is 2.03. The Morgan fingerprint density at radius 2 is 1.90 bits per heavy atom. The Kier molecular flexibility index (Phi) is 3.19. The van der Waals surface area contributed by atoms with E-state index in [4.69, 9.17) is 5.73 Å². The van der Waals surface area contributed by atoms with Crippen molar-refractivity contribution in [3.8, 4) is 6.07 Å². The number of nitrogens with zero attached hydrogens (tertiary/aromatic N) is 2. The van der Waals surface area contributed by atoms with Gasteiger partial charge < -0.3 is 10.3 Å². The molecule has 0 unspecified atom stereocenters. The maximum Gasteiger partial charge on any atom is 0.123 e. The van der Waals surface area contributed by atoms with Crippen LogP contribution in [0.1, 0.15) is 35.2 Å². The molecule has 1 aliphatic carbocycles. The molecule has 20 heavy (non-hydrogen) atoms. The molecule has 1 aromatic heterocycles. The molecule has 0 atom stereocenters. The van der Waals surface area contributed by atoms with Crippen molar-refractivity contribution in [2.24, 2.45) is 0 Å². The Morgan fingerprint density at radius 1 is 1.20 bits per heavy atom. The van der Waals surface area contributed by atoms with E-state index in [9.17, 15) is 9.65 Å². The molecule has 2 aromatic rings. The first-order valence-electron chi connectivity index (χ1n) is 6.85. The number of benzene rings is 1. The number of hydrogen-bond acceptors (Lipinski definition) is 2. The van der Waals surface area contributed by atoms with Crippen LogP contribution in [-0.2, 0) is 19.4 Å². The molecule has 4 heteroatoms. The number of nitrogen functional groups attached to an aromatic ring is 1. The van der Waals surface area contributed by atoms with Crippen LogP contribution in [0.3, 0.4) is 0 Å². The first-order chi connectivity index (χ1) is 9.70. The van der Waals surface area contributed by atoms with Crippen molar-refractivity contribution < 1.29 is 4.39 Å². The van der Waals surface area contributed by atoms with Crippen LogP contribution in [0, 0.1) is 17.1 Å². The van der Waals surface area contributed by atoms with Crippen LogP contribution in [0.5, 0.6) is 0 Å². The van der Waals surface area contributed by atoms with Gasteiger partial charge in [-0.2, -0.15) is 5.26 Å². The molecule has 3 nitrogen and oxygen atoms in total. The molecule has 2 N–H and O–H groups in total. The van der Waals surface area contributed by atoms with Crippen LogP contribution in [0.15, 0.2) is 24.3 Å². The molecule has 0 amide bonds. The van der Waals surface area contributed by atoms with Crippen LogP contribution >= 0.6 is 0 Å². The number of fused-ring (bicyclic) bond motifs is 1. The van der Waals surface area contributed by atoms with Gasteiger partial charge >= 0.3 is 0 Å². The minimum absolute atomic E-state index is 0.242. The minimum Gasteiger partial charge on any atom is -0.384 e. The van der Waals surface area contributed by atoms with Crippen LogP contribution < -0.4 is 5.73 Å². The van der Waals surface area contributed by atoms with E-state index in [2.05, 4.69) is 6.07 Å². The second-order valence-electron chi connectivity index (χ2n) is 5.22. The summed E-state index contributed by atoms with van der Waals surface area (Å²) in [6.07, 6.45) is 4.13. The maximum atomic E-state index is 13.0. The van der Waals surface area contributed by atoms with E-state index >= 15 is 0 Å². The van der Waals surface area contributed by atoms with Crippen molar-refractivity contribution in [1.29, 1.82) is 5.26 Å². The van der Waals surface area contributed by atoms with Gasteiger partial charge in [0.2, 0.25) is 0 Å². The van der Waals surface area contributed by atoms with E-state index in [1.165, 1.54) is 17.8 Å². The topological polar surface area (TPSA) is 54.7 Å². The van der Waals surface area contributed by atoms with Gasteiger partial charge in [0.25, 0.3) is 0 Å². The van der Waals surface area contributed by atoms with E-state index in [-0.39, 0.29) is 5.82 Å². The van der Waals surface area contributed by atoms with Gasteiger partial charge in [0.15, 0.2) is 0 Å². The number of nitrogens with two attached hydrogens (primary N) is 1. The van der Waals surface area contributed by atoms with Crippen LogP contribution in [0.25, 0.3) is 0 Å². The third-order valence-corrected chi connectivity index (χ3v) is 3.98. The lowest BCUT2D eigenvalue weighted by Gasteiger charge is -2.16. The highest BCUT2D eigenvalue weighted by molar-refractivity contribution is 5.59. The van der Waals surface area contributed by atoms with Crippen molar-refractivity contribution in [2.75, 3.05) is 5.73 Å². The molecular formula is C16H16FN3. The summed E-state index contributed by atoms with van der Waals surface area (Å²) in [6.45, 7) is 0.593. The Morgan fingerprint density at radius 3 is 2.60 bits per heavy atom. The van der Waals surface area contributed by atoms with E-state index < -0.39 is 0 Å². The number of hydrogen-bond donors (Lipinski definition) is 1. The smallest absolute Gasteiger partial charge is 0.123 e. The standard InChI is InChI=1S/C16H16FN3/c17-12-7-5-11(6-8-12)10-20-15-4-2-1-3-13(15)14(9-18)16(20)19/h5-8H,1-4,10,19H2. The molecule has 0 fully saturated rings. The fraction of sp³-hybridized carbons (Fsp3) is 0.312. The van der Waals surface area contributed by atoms with Crippen molar-refractivity contribution in [3.63, 3.8) is 0 Å². The molecule has 0 radical (unpaired) electrons. The van der Waals surface area contributed by atoms with Crippen LogP contribution in [-0.4, -0.2) is 4.57 Å². The zero-order valence-corrected chi connectivity index (χ0v) is 11.2. The summed E-state index contributed by atoms with van der Waals surface area (Å²) in [5.74, 6) is 0.303. The number of halogens is 1. The first kappa shape index (κ1) is 12.7. The van der Waals surface area contributed by atoms with E-state index in [1.807, 2.05) is 4.57 Å². The summed E-state index contributed by atoms with van der Waals surface area (Å²) < 4.78 is 15.0. The molecule has 1 heterocycles. The van der Waals surface area contributed by atoms with Crippen LogP contribution in [0.2, 0.25) is 0 Å². The van der Waals surface area contributed by atoms with Gasteiger partial charge in [-0.1, -0.05) is 12.1 Å². The molecule has 0 saturated heterocycles. The fourth-order valence-corrected chi connectivity index (χ4v) is 2.97. The average molecular weight is 269 g/mol. The molecule has 0 saturated carbocycles. The number of nitriles is 1. The predicted octanol–water partition coefficient (Wildman–Crippen LogP) is 3.01. The summed E-state index contributed by atoms with van der Waals surface area (Å²) >= 11 is 0. The lowest BCUT2D eigenvalue weighted by Crippen LogP contribution is -2.11. The molecule has 0 bridgehead atoms. The zero-order chi connectivity index (χ0) is 14.1. The average Bonchev–Trinajstić information content (AvgIpc) is 2.74.